The molecule has 0 spiro atoms. The minimum absolute atomic E-state index is 0.314. The molecule has 0 aromatic heterocycles. The number of methoxy groups -OCH3 is 1. The highest BCUT2D eigenvalue weighted by molar-refractivity contribution is 6.32. The number of carbonyl (C=O) groups is 2. The largest absolute Gasteiger partial charge is 0.497 e. The zero-order valence-corrected chi connectivity index (χ0v) is 18.3. The molecular weight excluding hydrogens is 428 g/mol. The number of hydroxylamine groups is 1. The summed E-state index contributed by atoms with van der Waals surface area (Å²) in [6, 6.07) is 21.6. The monoisotopic (exact) mass is 448 g/mol. The maximum absolute atomic E-state index is 13.6. The van der Waals surface area contributed by atoms with Crippen molar-refractivity contribution in [3.63, 3.8) is 0 Å². The second-order valence-electron chi connectivity index (χ2n) is 7.88. The Bertz CT molecular complexity index is 1200. The van der Waals surface area contributed by atoms with Gasteiger partial charge in [0.05, 0.1) is 24.5 Å². The molecule has 0 unspecified atom stereocenters. The van der Waals surface area contributed by atoms with Gasteiger partial charge in [-0.05, 0) is 54.4 Å². The second kappa shape index (κ2) is 7.97. The predicted molar refractivity (Wildman–Crippen MR) is 122 cm³/mol. The van der Waals surface area contributed by atoms with Crippen LogP contribution in [0.4, 0.5) is 11.4 Å². The lowest BCUT2D eigenvalue weighted by atomic mass is 9.90. The van der Waals surface area contributed by atoms with Crippen LogP contribution in [-0.2, 0) is 14.4 Å². The lowest BCUT2D eigenvalue weighted by Gasteiger charge is -2.29. The Morgan fingerprint density at radius 1 is 0.906 bits per heavy atom. The van der Waals surface area contributed by atoms with Crippen LogP contribution in [-0.4, -0.2) is 25.0 Å². The summed E-state index contributed by atoms with van der Waals surface area (Å²) < 4.78 is 5.39. The van der Waals surface area contributed by atoms with Crippen LogP contribution >= 0.6 is 11.6 Å². The lowest BCUT2D eigenvalue weighted by Crippen LogP contribution is -2.37. The van der Waals surface area contributed by atoms with Gasteiger partial charge < -0.3 is 4.74 Å². The topological polar surface area (TPSA) is 59.1 Å². The fraction of sp³-hybridized carbons (Fsp3) is 0.200. The molecule has 2 saturated heterocycles. The van der Waals surface area contributed by atoms with E-state index in [2.05, 4.69) is 0 Å². The van der Waals surface area contributed by atoms with Crippen molar-refractivity contribution in [1.29, 1.82) is 0 Å². The summed E-state index contributed by atoms with van der Waals surface area (Å²) in [6.45, 7) is 1.87. The number of hydrogen-bond acceptors (Lipinski definition) is 5. The number of aryl methyl sites for hydroxylation is 1. The summed E-state index contributed by atoms with van der Waals surface area (Å²) >= 11 is 6.27. The van der Waals surface area contributed by atoms with Gasteiger partial charge in [-0.25, -0.2) is 9.96 Å². The number of fused-ring (bicyclic) bond motifs is 1. The first-order chi connectivity index (χ1) is 15.5. The third-order valence-corrected chi connectivity index (χ3v) is 6.38. The molecule has 2 amide bonds. The maximum atomic E-state index is 13.6. The van der Waals surface area contributed by atoms with E-state index in [1.807, 2.05) is 61.5 Å². The normalized spacial score (nSPS) is 22.4. The first-order valence-corrected chi connectivity index (χ1v) is 10.7. The van der Waals surface area contributed by atoms with E-state index in [4.69, 9.17) is 21.2 Å². The molecule has 2 aliphatic heterocycles. The molecule has 162 valence electrons. The zero-order valence-electron chi connectivity index (χ0n) is 17.6. The van der Waals surface area contributed by atoms with Crippen LogP contribution in [0.3, 0.4) is 0 Å². The predicted octanol–water partition coefficient (Wildman–Crippen LogP) is 4.71. The number of imide groups is 1. The van der Waals surface area contributed by atoms with Crippen LogP contribution in [0.2, 0.25) is 5.02 Å². The number of amides is 2. The van der Waals surface area contributed by atoms with E-state index in [-0.39, 0.29) is 5.91 Å². The Morgan fingerprint density at radius 3 is 2.41 bits per heavy atom. The van der Waals surface area contributed by atoms with Gasteiger partial charge in [-0.2, -0.15) is 0 Å². The molecule has 0 N–H and O–H groups in total. The number of rotatable bonds is 4. The summed E-state index contributed by atoms with van der Waals surface area (Å²) in [5.74, 6) is -0.759. The van der Waals surface area contributed by atoms with Crippen LogP contribution in [0.5, 0.6) is 5.75 Å². The van der Waals surface area contributed by atoms with E-state index in [9.17, 15) is 9.59 Å². The Hall–Kier alpha value is -3.35. The van der Waals surface area contributed by atoms with Crippen molar-refractivity contribution in [2.45, 2.75) is 19.1 Å². The Labute approximate surface area is 190 Å². The van der Waals surface area contributed by atoms with Gasteiger partial charge in [0, 0.05) is 5.02 Å². The van der Waals surface area contributed by atoms with Gasteiger partial charge in [0.2, 0.25) is 5.91 Å². The van der Waals surface area contributed by atoms with Crippen molar-refractivity contribution >= 4 is 34.8 Å². The van der Waals surface area contributed by atoms with E-state index in [1.165, 1.54) is 4.90 Å². The van der Waals surface area contributed by atoms with Gasteiger partial charge in [-0.1, -0.05) is 48.0 Å². The first kappa shape index (κ1) is 20.5. The standard InChI is InChI=1S/C25H21ClN2O4/c1-15-11-12-18(14-20(15)26)27-24(29)21-22(16-7-6-10-19(13-16)31-2)28(32-23(21)25(27)30)17-8-4-3-5-9-17/h3-14,21-23H,1-2H3/t21-,22-,23+/m1/s1. The van der Waals surface area contributed by atoms with E-state index in [0.29, 0.717) is 16.5 Å². The molecule has 2 fully saturated rings. The molecule has 3 aromatic carbocycles. The van der Waals surface area contributed by atoms with Gasteiger partial charge in [0.25, 0.3) is 5.91 Å². The molecule has 3 atom stereocenters. The molecule has 6 nitrogen and oxygen atoms in total. The summed E-state index contributed by atoms with van der Waals surface area (Å²) in [4.78, 5) is 34.3. The van der Waals surface area contributed by atoms with Crippen LogP contribution in [0.1, 0.15) is 17.2 Å². The van der Waals surface area contributed by atoms with Crippen molar-refractivity contribution in [2.75, 3.05) is 17.1 Å². The third kappa shape index (κ3) is 3.23. The average molecular weight is 449 g/mol. The third-order valence-electron chi connectivity index (χ3n) is 5.98. The number of carbonyl (C=O) groups excluding carboxylic acids is 2. The van der Waals surface area contributed by atoms with Crippen molar-refractivity contribution in [3.05, 3.63) is 88.9 Å². The van der Waals surface area contributed by atoms with E-state index >= 15 is 0 Å². The Morgan fingerprint density at radius 2 is 1.69 bits per heavy atom. The first-order valence-electron chi connectivity index (χ1n) is 10.3. The zero-order chi connectivity index (χ0) is 22.4. The maximum Gasteiger partial charge on any atom is 0.266 e. The minimum Gasteiger partial charge on any atom is -0.497 e. The number of anilines is 2. The highest BCUT2D eigenvalue weighted by atomic mass is 35.5. The van der Waals surface area contributed by atoms with E-state index in [0.717, 1.165) is 16.8 Å². The molecule has 2 aliphatic rings. The minimum atomic E-state index is -0.931. The van der Waals surface area contributed by atoms with Crippen LogP contribution in [0, 0.1) is 12.8 Å². The van der Waals surface area contributed by atoms with Crippen LogP contribution in [0.15, 0.2) is 72.8 Å². The molecule has 0 bridgehead atoms. The molecule has 0 aliphatic carbocycles. The molecule has 3 aromatic rings. The van der Waals surface area contributed by atoms with Gasteiger partial charge >= 0.3 is 0 Å². The van der Waals surface area contributed by atoms with E-state index < -0.39 is 24.0 Å². The number of nitrogens with zero attached hydrogens (tertiary/aromatic N) is 2. The Balaban J connectivity index is 1.59. The summed E-state index contributed by atoms with van der Waals surface area (Å²) in [5, 5.41) is 2.16. The molecule has 0 saturated carbocycles. The quantitative estimate of drug-likeness (QED) is 0.541. The number of para-hydroxylation sites is 1. The average Bonchev–Trinajstić information content (AvgIpc) is 3.32. The van der Waals surface area contributed by atoms with Gasteiger partial charge in [0.15, 0.2) is 6.10 Å². The summed E-state index contributed by atoms with van der Waals surface area (Å²) in [5.41, 5.74) is 2.91. The smallest absolute Gasteiger partial charge is 0.266 e. The van der Waals surface area contributed by atoms with Crippen molar-refractivity contribution in [2.24, 2.45) is 5.92 Å². The van der Waals surface area contributed by atoms with Crippen molar-refractivity contribution in [3.8, 4) is 5.75 Å². The molecule has 5 rings (SSSR count). The van der Waals surface area contributed by atoms with Crippen LogP contribution < -0.4 is 14.7 Å². The fourth-order valence-corrected chi connectivity index (χ4v) is 4.53. The molecule has 2 heterocycles. The van der Waals surface area contributed by atoms with Gasteiger partial charge in [-0.3, -0.25) is 14.4 Å². The molecular formula is C25H21ClN2O4. The summed E-state index contributed by atoms with van der Waals surface area (Å²) in [6.07, 6.45) is -0.931. The van der Waals surface area contributed by atoms with E-state index in [1.54, 1.807) is 30.4 Å². The molecule has 32 heavy (non-hydrogen) atoms. The van der Waals surface area contributed by atoms with Gasteiger partial charge in [-0.15, -0.1) is 0 Å². The highest BCUT2D eigenvalue weighted by Crippen LogP contribution is 2.48. The molecule has 7 heteroatoms. The number of ether oxygens (including phenoxy) is 1. The van der Waals surface area contributed by atoms with Crippen molar-refractivity contribution < 1.29 is 19.2 Å². The lowest BCUT2D eigenvalue weighted by molar-refractivity contribution is -0.126. The highest BCUT2D eigenvalue weighted by Gasteiger charge is 2.60. The number of benzene rings is 3. The summed E-state index contributed by atoms with van der Waals surface area (Å²) in [7, 11) is 1.59. The van der Waals surface area contributed by atoms with Gasteiger partial charge in [0.1, 0.15) is 11.7 Å². The van der Waals surface area contributed by atoms with Crippen molar-refractivity contribution in [1.82, 2.24) is 0 Å². The molecule has 0 radical (unpaired) electrons. The Kier molecular flexibility index (Phi) is 5.12. The number of hydrogen-bond donors (Lipinski definition) is 0. The second-order valence-corrected chi connectivity index (χ2v) is 8.29. The SMILES string of the molecule is COc1cccc([C@@H]2[C@H]3C(=O)N(c4ccc(C)c(Cl)c4)C(=O)[C@H]3ON2c2ccccc2)c1. The fourth-order valence-electron chi connectivity index (χ4n) is 4.35. The number of halogens is 1. The van der Waals surface area contributed by atoms with Crippen LogP contribution in [0.25, 0.3) is 0 Å².